The van der Waals surface area contributed by atoms with Crippen LogP contribution in [0.5, 0.6) is 5.75 Å². The average Bonchev–Trinajstić information content (AvgIpc) is 3.13. The second kappa shape index (κ2) is 9.83. The molecule has 5 nitrogen and oxygen atoms in total. The molecule has 0 spiro atoms. The van der Waals surface area contributed by atoms with E-state index in [0.717, 1.165) is 19.6 Å². The van der Waals surface area contributed by atoms with Crippen LogP contribution in [0.2, 0.25) is 0 Å². The maximum Gasteiger partial charge on any atom is 0.255 e. The smallest absolute Gasteiger partial charge is 0.255 e. The number of rotatable bonds is 7. The molecule has 0 aromatic heterocycles. The fraction of sp³-hybridized carbons (Fsp3) is 0.333. The van der Waals surface area contributed by atoms with E-state index in [4.69, 9.17) is 4.74 Å². The van der Waals surface area contributed by atoms with Crippen molar-refractivity contribution < 1.29 is 18.3 Å². The number of nitrogens with zero attached hydrogens (tertiary/aromatic N) is 2. The lowest BCUT2D eigenvalue weighted by Crippen LogP contribution is -2.33. The minimum absolute atomic E-state index is 0.0893. The maximum atomic E-state index is 14.0. The highest BCUT2D eigenvalue weighted by molar-refractivity contribution is 6.08. The molecule has 0 atom stereocenters. The summed E-state index contributed by atoms with van der Waals surface area (Å²) in [7, 11) is 0. The Balaban J connectivity index is 1.36. The zero-order chi connectivity index (χ0) is 21.6. The molecule has 1 fully saturated rings. The third-order valence-electron chi connectivity index (χ3n) is 5.56. The number of para-hydroxylation sites is 1. The number of aliphatic imine (C=N–C) groups is 1. The highest BCUT2D eigenvalue weighted by Crippen LogP contribution is 2.32. The number of anilines is 1. The van der Waals surface area contributed by atoms with Gasteiger partial charge >= 0.3 is 0 Å². The minimum atomic E-state index is -1.10. The second-order valence-corrected chi connectivity index (χ2v) is 7.67. The van der Waals surface area contributed by atoms with Crippen molar-refractivity contribution in [1.29, 1.82) is 0 Å². The van der Waals surface area contributed by atoms with Crippen molar-refractivity contribution in [1.82, 2.24) is 4.90 Å². The van der Waals surface area contributed by atoms with Crippen molar-refractivity contribution in [2.75, 3.05) is 38.1 Å². The fourth-order valence-electron chi connectivity index (χ4n) is 3.84. The molecule has 31 heavy (non-hydrogen) atoms. The summed E-state index contributed by atoms with van der Waals surface area (Å²) in [5.41, 5.74) is 1.40. The van der Waals surface area contributed by atoms with Crippen LogP contribution in [-0.4, -0.2) is 49.6 Å². The largest absolute Gasteiger partial charge is 0.492 e. The van der Waals surface area contributed by atoms with E-state index in [-0.39, 0.29) is 18.0 Å². The summed E-state index contributed by atoms with van der Waals surface area (Å²) in [4.78, 5) is 18.6. The predicted octanol–water partition coefficient (Wildman–Crippen LogP) is 4.87. The van der Waals surface area contributed by atoms with Crippen molar-refractivity contribution in [2.24, 2.45) is 4.99 Å². The van der Waals surface area contributed by atoms with Crippen LogP contribution in [0.15, 0.2) is 59.4 Å². The number of hydrogen-bond acceptors (Lipinski definition) is 4. The summed E-state index contributed by atoms with van der Waals surface area (Å²) in [5.74, 6) is -1.72. The van der Waals surface area contributed by atoms with Crippen LogP contribution >= 0.6 is 0 Å². The topological polar surface area (TPSA) is 53.9 Å². The molecular weight excluding hydrogens is 400 g/mol. The van der Waals surface area contributed by atoms with Crippen molar-refractivity contribution in [2.45, 2.75) is 19.3 Å². The number of benzene rings is 2. The Morgan fingerprint density at radius 1 is 1.03 bits per heavy atom. The van der Waals surface area contributed by atoms with E-state index in [0.29, 0.717) is 29.2 Å². The number of halogens is 2. The molecule has 1 N–H and O–H groups in total. The summed E-state index contributed by atoms with van der Waals surface area (Å²) in [6.45, 7) is 3.68. The monoisotopic (exact) mass is 425 g/mol. The number of nitrogens with one attached hydrogen (secondary N) is 1. The van der Waals surface area contributed by atoms with Crippen molar-refractivity contribution in [3.05, 3.63) is 65.5 Å². The molecule has 162 valence electrons. The summed E-state index contributed by atoms with van der Waals surface area (Å²) < 4.78 is 33.2. The molecule has 0 unspecified atom stereocenters. The highest BCUT2D eigenvalue weighted by Gasteiger charge is 2.23. The van der Waals surface area contributed by atoms with Gasteiger partial charge in [0.25, 0.3) is 5.91 Å². The number of allylic oxidation sites excluding steroid dienone is 1. The van der Waals surface area contributed by atoms with Gasteiger partial charge in [0.15, 0.2) is 5.83 Å². The highest BCUT2D eigenvalue weighted by atomic mass is 19.2. The van der Waals surface area contributed by atoms with E-state index in [2.05, 4.69) is 15.2 Å². The Morgan fingerprint density at radius 2 is 1.77 bits per heavy atom. The number of likely N-dealkylation sites (tertiary alicyclic amines) is 1. The molecular formula is C24H25F2N3O2. The van der Waals surface area contributed by atoms with E-state index in [1.165, 1.54) is 19.3 Å². The number of amides is 1. The van der Waals surface area contributed by atoms with Gasteiger partial charge in [0.2, 0.25) is 5.97 Å². The quantitative estimate of drug-likeness (QED) is 0.689. The predicted molar refractivity (Wildman–Crippen MR) is 118 cm³/mol. The first-order valence-electron chi connectivity index (χ1n) is 10.6. The molecule has 0 radical (unpaired) electrons. The SMILES string of the molecule is O=C(Nc1ccccc1C1=C(F)C(F)=NC1)c1ccc(OCCN2CCCCC2)cc1. The molecule has 2 heterocycles. The van der Waals surface area contributed by atoms with Gasteiger partial charge in [0, 0.05) is 28.9 Å². The third-order valence-corrected chi connectivity index (χ3v) is 5.56. The van der Waals surface area contributed by atoms with Crippen LogP contribution < -0.4 is 10.1 Å². The molecule has 0 aliphatic carbocycles. The van der Waals surface area contributed by atoms with Gasteiger partial charge in [-0.2, -0.15) is 4.39 Å². The molecule has 4 rings (SSSR count). The van der Waals surface area contributed by atoms with E-state index >= 15 is 0 Å². The van der Waals surface area contributed by atoms with Gasteiger partial charge in [-0.05, 0) is 56.3 Å². The van der Waals surface area contributed by atoms with Gasteiger partial charge in [-0.3, -0.25) is 14.7 Å². The average molecular weight is 425 g/mol. The Bertz CT molecular complexity index is 996. The van der Waals surface area contributed by atoms with Gasteiger partial charge in [-0.15, -0.1) is 0 Å². The Morgan fingerprint density at radius 3 is 2.48 bits per heavy atom. The number of carbonyl (C=O) groups is 1. The normalized spacial score (nSPS) is 16.9. The van der Waals surface area contributed by atoms with E-state index in [1.54, 1.807) is 48.5 Å². The van der Waals surface area contributed by atoms with Crippen molar-refractivity contribution in [3.63, 3.8) is 0 Å². The van der Waals surface area contributed by atoms with E-state index < -0.39 is 11.8 Å². The molecule has 2 aromatic carbocycles. The van der Waals surface area contributed by atoms with E-state index in [9.17, 15) is 13.6 Å². The van der Waals surface area contributed by atoms with Gasteiger partial charge in [0.1, 0.15) is 12.4 Å². The molecule has 2 aromatic rings. The second-order valence-electron chi connectivity index (χ2n) is 7.67. The lowest BCUT2D eigenvalue weighted by atomic mass is 10.0. The number of ether oxygens (including phenoxy) is 1. The molecule has 2 aliphatic heterocycles. The fourth-order valence-corrected chi connectivity index (χ4v) is 3.84. The minimum Gasteiger partial charge on any atom is -0.492 e. The van der Waals surface area contributed by atoms with Gasteiger partial charge in [-0.25, -0.2) is 4.39 Å². The first-order valence-corrected chi connectivity index (χ1v) is 10.6. The molecule has 0 bridgehead atoms. The summed E-state index contributed by atoms with van der Waals surface area (Å²) >= 11 is 0. The summed E-state index contributed by atoms with van der Waals surface area (Å²) in [5, 5.41) is 2.78. The van der Waals surface area contributed by atoms with Gasteiger partial charge in [-0.1, -0.05) is 24.6 Å². The first-order chi connectivity index (χ1) is 15.1. The lowest BCUT2D eigenvalue weighted by molar-refractivity contribution is 0.102. The van der Waals surface area contributed by atoms with Crippen molar-refractivity contribution >= 4 is 23.1 Å². The summed E-state index contributed by atoms with van der Waals surface area (Å²) in [6.07, 6.45) is 3.81. The number of carbonyl (C=O) groups excluding carboxylic acids is 1. The van der Waals surface area contributed by atoms with Crippen LogP contribution in [0.1, 0.15) is 35.2 Å². The third kappa shape index (κ3) is 5.17. The lowest BCUT2D eigenvalue weighted by Gasteiger charge is -2.26. The van der Waals surface area contributed by atoms with Gasteiger partial charge < -0.3 is 10.1 Å². The number of hydrogen-bond donors (Lipinski definition) is 1. The molecule has 1 saturated heterocycles. The standard InChI is InChI=1S/C24H25F2N3O2/c25-22-20(16-27-23(22)26)19-6-2-3-7-21(19)28-24(30)17-8-10-18(11-9-17)31-15-14-29-12-4-1-5-13-29/h2-3,6-11H,1,4-5,12-16H2,(H,28,30). The number of piperidine rings is 1. The molecule has 2 aliphatic rings. The molecule has 0 saturated carbocycles. The Labute approximate surface area is 180 Å². The van der Waals surface area contributed by atoms with Crippen LogP contribution in [-0.2, 0) is 0 Å². The van der Waals surface area contributed by atoms with Crippen molar-refractivity contribution in [3.8, 4) is 5.75 Å². The van der Waals surface area contributed by atoms with Crippen LogP contribution in [0.25, 0.3) is 5.57 Å². The Hall–Kier alpha value is -3.06. The first kappa shape index (κ1) is 21.2. The zero-order valence-electron chi connectivity index (χ0n) is 17.2. The van der Waals surface area contributed by atoms with Crippen LogP contribution in [0, 0.1) is 0 Å². The Kier molecular flexibility index (Phi) is 6.72. The van der Waals surface area contributed by atoms with Gasteiger partial charge in [0.05, 0.1) is 6.54 Å². The summed E-state index contributed by atoms with van der Waals surface area (Å²) in [6, 6.07) is 13.6. The van der Waals surface area contributed by atoms with Crippen LogP contribution in [0.4, 0.5) is 14.5 Å². The molecule has 7 heteroatoms. The zero-order valence-corrected chi connectivity index (χ0v) is 17.2. The molecule has 1 amide bonds. The maximum absolute atomic E-state index is 14.0. The van der Waals surface area contributed by atoms with E-state index in [1.807, 2.05) is 0 Å². The van der Waals surface area contributed by atoms with Crippen LogP contribution in [0.3, 0.4) is 0 Å².